The van der Waals surface area contributed by atoms with E-state index in [1.807, 2.05) is 12.1 Å². The highest BCUT2D eigenvalue weighted by atomic mass is 19.3. The van der Waals surface area contributed by atoms with Crippen molar-refractivity contribution in [1.82, 2.24) is 9.88 Å². The van der Waals surface area contributed by atoms with Crippen molar-refractivity contribution < 1.29 is 18.3 Å². The maximum Gasteiger partial charge on any atom is 0.251 e. The number of rotatable bonds is 4. The molecule has 1 spiro atoms. The van der Waals surface area contributed by atoms with Gasteiger partial charge in [-0.25, -0.2) is 8.78 Å². The molecule has 0 N–H and O–H groups in total. The van der Waals surface area contributed by atoms with Gasteiger partial charge in [-0.1, -0.05) is 0 Å². The number of anilines is 1. The summed E-state index contributed by atoms with van der Waals surface area (Å²) in [6.45, 7) is 3.09. The van der Waals surface area contributed by atoms with Crippen molar-refractivity contribution in [2.75, 3.05) is 37.7 Å². The zero-order valence-electron chi connectivity index (χ0n) is 14.9. The van der Waals surface area contributed by atoms with E-state index in [1.165, 1.54) is 0 Å². The summed E-state index contributed by atoms with van der Waals surface area (Å²) in [6.07, 6.45) is 5.89. The van der Waals surface area contributed by atoms with Crippen molar-refractivity contribution >= 4 is 11.6 Å². The molecule has 1 amide bonds. The van der Waals surface area contributed by atoms with Gasteiger partial charge in [-0.3, -0.25) is 9.78 Å². The number of carbonyl (C=O) groups excluding carboxylic acids is 1. The number of nitrogens with zero attached hydrogens (tertiary/aromatic N) is 3. The molecular weight excluding hydrogens is 340 g/mol. The number of aromatic nitrogens is 1. The second kappa shape index (κ2) is 6.76. The Kier molecular flexibility index (Phi) is 4.59. The van der Waals surface area contributed by atoms with E-state index >= 15 is 0 Å². The fourth-order valence-electron chi connectivity index (χ4n) is 4.11. The summed E-state index contributed by atoms with van der Waals surface area (Å²) in [5, 5.41) is 0. The number of amides is 1. The Morgan fingerprint density at radius 1 is 1.19 bits per heavy atom. The third-order valence-corrected chi connectivity index (χ3v) is 6.00. The van der Waals surface area contributed by atoms with Gasteiger partial charge in [0.25, 0.3) is 5.92 Å². The molecule has 1 saturated carbocycles. The van der Waals surface area contributed by atoms with E-state index < -0.39 is 17.4 Å². The van der Waals surface area contributed by atoms with Crippen molar-refractivity contribution in [1.29, 1.82) is 0 Å². The van der Waals surface area contributed by atoms with Crippen LogP contribution in [0.3, 0.4) is 0 Å². The van der Waals surface area contributed by atoms with E-state index in [0.717, 1.165) is 31.6 Å². The van der Waals surface area contributed by atoms with Crippen LogP contribution in [-0.2, 0) is 9.53 Å². The van der Waals surface area contributed by atoms with Gasteiger partial charge in [0.15, 0.2) is 0 Å². The predicted octanol–water partition coefficient (Wildman–Crippen LogP) is 2.71. The van der Waals surface area contributed by atoms with Crippen molar-refractivity contribution in [2.24, 2.45) is 5.92 Å². The topological polar surface area (TPSA) is 45.7 Å². The van der Waals surface area contributed by atoms with Crippen molar-refractivity contribution in [3.05, 3.63) is 24.5 Å². The monoisotopic (exact) mass is 365 g/mol. The zero-order valence-corrected chi connectivity index (χ0v) is 14.9. The quantitative estimate of drug-likeness (QED) is 0.823. The summed E-state index contributed by atoms with van der Waals surface area (Å²) in [5.74, 6) is -3.01. The highest BCUT2D eigenvalue weighted by molar-refractivity contribution is 5.77. The first-order valence-electron chi connectivity index (χ1n) is 9.42. The molecule has 1 aliphatic carbocycles. The Balaban J connectivity index is 1.32. The third-order valence-electron chi connectivity index (χ3n) is 6.00. The lowest BCUT2D eigenvalue weighted by Gasteiger charge is -2.41. The molecule has 1 aromatic rings. The van der Waals surface area contributed by atoms with Gasteiger partial charge >= 0.3 is 0 Å². The fourth-order valence-corrected chi connectivity index (χ4v) is 4.11. The molecule has 1 atom stereocenters. The highest BCUT2D eigenvalue weighted by Gasteiger charge is 2.56. The minimum atomic E-state index is -2.51. The van der Waals surface area contributed by atoms with Gasteiger partial charge in [-0.15, -0.1) is 0 Å². The summed E-state index contributed by atoms with van der Waals surface area (Å²) in [7, 11) is 0. The van der Waals surface area contributed by atoms with Crippen LogP contribution in [0.15, 0.2) is 24.5 Å². The molecule has 3 aliphatic rings. The first-order valence-corrected chi connectivity index (χ1v) is 9.42. The van der Waals surface area contributed by atoms with Crippen molar-refractivity contribution in [3.63, 3.8) is 0 Å². The van der Waals surface area contributed by atoms with Crippen LogP contribution in [0.1, 0.15) is 32.1 Å². The normalized spacial score (nSPS) is 27.5. The summed E-state index contributed by atoms with van der Waals surface area (Å²) in [6, 6.07) is 3.99. The predicted molar refractivity (Wildman–Crippen MR) is 93.2 cm³/mol. The van der Waals surface area contributed by atoms with Crippen LogP contribution < -0.4 is 4.90 Å². The molecule has 7 heteroatoms. The molecule has 1 aromatic heterocycles. The molecule has 2 saturated heterocycles. The fraction of sp³-hybridized carbons (Fsp3) is 0.684. The molecule has 26 heavy (non-hydrogen) atoms. The summed E-state index contributed by atoms with van der Waals surface area (Å²) in [4.78, 5) is 20.7. The molecular formula is C19H25F2N3O2. The molecule has 1 unspecified atom stereocenters. The number of alkyl halides is 2. The Hall–Kier alpha value is -1.76. The average molecular weight is 365 g/mol. The van der Waals surface area contributed by atoms with Crippen LogP contribution in [0.4, 0.5) is 14.5 Å². The van der Waals surface area contributed by atoms with E-state index in [4.69, 9.17) is 4.74 Å². The molecule has 4 rings (SSSR count). The number of ether oxygens (including phenoxy) is 1. The van der Waals surface area contributed by atoms with Crippen LogP contribution >= 0.6 is 0 Å². The zero-order chi connectivity index (χ0) is 18.2. The van der Waals surface area contributed by atoms with Crippen LogP contribution in [0.25, 0.3) is 0 Å². The molecule has 0 aromatic carbocycles. The first kappa shape index (κ1) is 17.6. The third kappa shape index (κ3) is 3.68. The summed E-state index contributed by atoms with van der Waals surface area (Å²) >= 11 is 0. The van der Waals surface area contributed by atoms with Crippen molar-refractivity contribution in [2.45, 2.75) is 43.6 Å². The lowest BCUT2D eigenvalue weighted by atomic mass is 9.87. The number of halogens is 2. The van der Waals surface area contributed by atoms with Gasteiger partial charge in [0, 0.05) is 56.6 Å². The smallest absolute Gasteiger partial charge is 0.251 e. The molecule has 2 aliphatic heterocycles. The summed E-state index contributed by atoms with van der Waals surface area (Å²) < 4.78 is 32.2. The Morgan fingerprint density at radius 2 is 1.88 bits per heavy atom. The van der Waals surface area contributed by atoms with Gasteiger partial charge in [0.1, 0.15) is 0 Å². The SMILES string of the molecule is O=C1CC2(CCN(c3ccncc3)CC2)OCCN1CCC1CC1(F)F. The van der Waals surface area contributed by atoms with Gasteiger partial charge in [-0.2, -0.15) is 0 Å². The van der Waals surface area contributed by atoms with Gasteiger partial charge in [0.05, 0.1) is 18.6 Å². The van der Waals surface area contributed by atoms with E-state index in [1.54, 1.807) is 17.3 Å². The second-order valence-electron chi connectivity index (χ2n) is 7.73. The van der Waals surface area contributed by atoms with Crippen LogP contribution in [-0.4, -0.2) is 60.1 Å². The molecule has 5 nitrogen and oxygen atoms in total. The number of pyridine rings is 1. The highest BCUT2D eigenvalue weighted by Crippen LogP contribution is 2.50. The number of hydrogen-bond donors (Lipinski definition) is 0. The Morgan fingerprint density at radius 3 is 2.54 bits per heavy atom. The van der Waals surface area contributed by atoms with Crippen LogP contribution in [0, 0.1) is 5.92 Å². The molecule has 142 valence electrons. The average Bonchev–Trinajstić information content (AvgIpc) is 3.29. The minimum absolute atomic E-state index is 0.0275. The molecule has 0 bridgehead atoms. The maximum atomic E-state index is 13.1. The molecule has 0 radical (unpaired) electrons. The largest absolute Gasteiger partial charge is 0.372 e. The number of carbonyl (C=O) groups is 1. The summed E-state index contributed by atoms with van der Waals surface area (Å²) in [5.41, 5.74) is 0.737. The van der Waals surface area contributed by atoms with Gasteiger partial charge in [-0.05, 0) is 31.4 Å². The number of piperidine rings is 1. The van der Waals surface area contributed by atoms with E-state index in [-0.39, 0.29) is 12.3 Å². The first-order chi connectivity index (χ1) is 12.5. The molecule has 3 heterocycles. The van der Waals surface area contributed by atoms with Gasteiger partial charge in [0.2, 0.25) is 5.91 Å². The van der Waals surface area contributed by atoms with E-state index in [2.05, 4.69) is 9.88 Å². The van der Waals surface area contributed by atoms with Crippen LogP contribution in [0.2, 0.25) is 0 Å². The maximum absolute atomic E-state index is 13.1. The van der Waals surface area contributed by atoms with Gasteiger partial charge < -0.3 is 14.5 Å². The Labute approximate surface area is 152 Å². The van der Waals surface area contributed by atoms with Crippen LogP contribution in [0.5, 0.6) is 0 Å². The number of hydrogen-bond acceptors (Lipinski definition) is 4. The standard InChI is InChI=1S/C19H25F2N3O2/c20-19(21)13-15(19)3-8-24-11-12-26-18(14-17(24)25)4-9-23(10-5-18)16-1-6-22-7-2-16/h1-2,6-7,15H,3-5,8-14H2. The Bertz CT molecular complexity index is 647. The van der Waals surface area contributed by atoms with E-state index in [0.29, 0.717) is 32.5 Å². The minimum Gasteiger partial charge on any atom is -0.372 e. The van der Waals surface area contributed by atoms with Crippen molar-refractivity contribution in [3.8, 4) is 0 Å². The lowest BCUT2D eigenvalue weighted by molar-refractivity contribution is -0.134. The second-order valence-corrected chi connectivity index (χ2v) is 7.73. The van der Waals surface area contributed by atoms with E-state index in [9.17, 15) is 13.6 Å². The molecule has 3 fully saturated rings. The lowest BCUT2D eigenvalue weighted by Crippen LogP contribution is -2.47.